The minimum absolute atomic E-state index is 0.132. The first-order valence-corrected chi connectivity index (χ1v) is 6.51. The normalized spacial score (nSPS) is 32.1. The van der Waals surface area contributed by atoms with E-state index in [1.807, 2.05) is 0 Å². The molecule has 2 N–H and O–H groups in total. The minimum atomic E-state index is -4.72. The van der Waals surface area contributed by atoms with Crippen molar-refractivity contribution >= 4 is 17.5 Å². The van der Waals surface area contributed by atoms with Crippen LogP contribution in [-0.4, -0.2) is 36.8 Å². The molecule has 0 bridgehead atoms. The molecule has 0 aromatic heterocycles. The van der Waals surface area contributed by atoms with Gasteiger partial charge in [-0.05, 0) is 12.8 Å². The predicted octanol–water partition coefficient (Wildman–Crippen LogP) is 1.23. The van der Waals surface area contributed by atoms with Crippen LogP contribution in [-0.2, 0) is 14.3 Å². The molecule has 0 aromatic carbocycles. The van der Waals surface area contributed by atoms with Crippen LogP contribution < -0.4 is 5.73 Å². The summed E-state index contributed by atoms with van der Waals surface area (Å²) in [7, 11) is 0. The van der Waals surface area contributed by atoms with Gasteiger partial charge >= 0.3 is 12.1 Å². The number of alkyl halides is 3. The van der Waals surface area contributed by atoms with Gasteiger partial charge in [-0.15, -0.1) is 0 Å². The summed E-state index contributed by atoms with van der Waals surface area (Å²) < 4.78 is 43.0. The van der Waals surface area contributed by atoms with Gasteiger partial charge in [-0.2, -0.15) is 13.2 Å². The molecule has 0 radical (unpaired) electrons. The number of nitrogens with two attached hydrogens (primary N) is 1. The van der Waals surface area contributed by atoms with Crippen LogP contribution in [0, 0.1) is 17.8 Å². The van der Waals surface area contributed by atoms with Crippen molar-refractivity contribution in [1.82, 2.24) is 0 Å². The monoisotopic (exact) mass is 304 g/mol. The third kappa shape index (κ3) is 2.66. The van der Waals surface area contributed by atoms with Crippen molar-refractivity contribution in [3.63, 3.8) is 0 Å². The Morgan fingerprint density at radius 3 is 2.52 bits per heavy atom. The van der Waals surface area contributed by atoms with Gasteiger partial charge in [0.25, 0.3) is 0 Å². The molecular weight excluding hydrogens is 289 g/mol. The molecule has 3 atom stereocenters. The van der Waals surface area contributed by atoms with Crippen molar-refractivity contribution in [3.05, 3.63) is 11.3 Å². The minimum Gasteiger partial charge on any atom is -0.465 e. The lowest BCUT2D eigenvalue weighted by atomic mass is 10.0. The quantitative estimate of drug-likeness (QED) is 0.795. The summed E-state index contributed by atoms with van der Waals surface area (Å²) in [6, 6.07) is 0. The first kappa shape index (κ1) is 15.5. The number of ether oxygens (including phenoxy) is 1. The Labute approximate surface area is 119 Å². The molecule has 2 fully saturated rings. The highest BCUT2D eigenvalue weighted by Crippen LogP contribution is 2.58. The molecule has 0 unspecified atom stereocenters. The maximum Gasteiger partial charge on any atom is 0.431 e. The fourth-order valence-corrected chi connectivity index (χ4v) is 2.73. The summed E-state index contributed by atoms with van der Waals surface area (Å²) >= 11 is 0. The molecule has 2 saturated carbocycles. The highest BCUT2D eigenvalue weighted by Gasteiger charge is 2.63. The number of nitrogens with zero attached hydrogens (tertiary/aromatic N) is 1. The second kappa shape index (κ2) is 5.16. The third-order valence-corrected chi connectivity index (χ3v) is 3.77. The number of hydrogen-bond donors (Lipinski definition) is 1. The van der Waals surface area contributed by atoms with E-state index >= 15 is 0 Å². The smallest absolute Gasteiger partial charge is 0.431 e. The molecule has 0 aliphatic heterocycles. The topological polar surface area (TPSA) is 81.8 Å². The molecule has 2 rings (SSSR count). The Bertz CT molecular complexity index is 551. The van der Waals surface area contributed by atoms with Crippen LogP contribution in [0.2, 0.25) is 0 Å². The van der Waals surface area contributed by atoms with Crippen LogP contribution in [0.4, 0.5) is 13.2 Å². The maximum atomic E-state index is 12.8. The van der Waals surface area contributed by atoms with Crippen molar-refractivity contribution < 1.29 is 27.5 Å². The van der Waals surface area contributed by atoms with E-state index in [9.17, 15) is 22.8 Å². The Balaban J connectivity index is 2.33. The number of Topliss-reactive ketones (excluding diaryl/α,β-unsaturated/α-hetero) is 1. The number of ketones is 1. The molecule has 2 aliphatic rings. The Morgan fingerprint density at radius 1 is 1.38 bits per heavy atom. The largest absolute Gasteiger partial charge is 0.465 e. The number of halogens is 3. The number of rotatable bonds is 3. The summed E-state index contributed by atoms with van der Waals surface area (Å²) in [6.45, 7) is 2.93. The van der Waals surface area contributed by atoms with E-state index < -0.39 is 42.0 Å². The molecule has 0 amide bonds. The molecule has 0 aromatic rings. The molecule has 0 saturated heterocycles. The van der Waals surface area contributed by atoms with Gasteiger partial charge < -0.3 is 10.5 Å². The van der Waals surface area contributed by atoms with Gasteiger partial charge in [0, 0.05) is 17.4 Å². The average Bonchev–Trinajstić information content (AvgIpc) is 2.92. The third-order valence-electron chi connectivity index (χ3n) is 3.77. The van der Waals surface area contributed by atoms with Crippen LogP contribution in [0.1, 0.15) is 13.8 Å². The Hall–Kier alpha value is -1.86. The highest BCUT2D eigenvalue weighted by molar-refractivity contribution is 6.51. The lowest BCUT2D eigenvalue weighted by Crippen LogP contribution is -2.27. The van der Waals surface area contributed by atoms with E-state index in [-0.39, 0.29) is 23.8 Å². The SMILES string of the molecule is CCOC(=O)CN=C1C(=O)[C@@H]2[C@H](C)[C@@H]2C1=C(N)C(F)(F)F. The number of esters is 1. The van der Waals surface area contributed by atoms with E-state index in [0.717, 1.165) is 0 Å². The van der Waals surface area contributed by atoms with Crippen molar-refractivity contribution in [2.75, 3.05) is 13.2 Å². The van der Waals surface area contributed by atoms with Gasteiger partial charge in [-0.25, -0.2) is 0 Å². The van der Waals surface area contributed by atoms with Crippen molar-refractivity contribution in [1.29, 1.82) is 0 Å². The number of fused-ring (bicyclic) bond motifs is 1. The van der Waals surface area contributed by atoms with E-state index in [0.29, 0.717) is 0 Å². The first-order chi connectivity index (χ1) is 9.70. The number of allylic oxidation sites excluding steroid dienone is 2. The van der Waals surface area contributed by atoms with Gasteiger partial charge in [-0.3, -0.25) is 14.6 Å². The van der Waals surface area contributed by atoms with Gasteiger partial charge in [0.15, 0.2) is 5.78 Å². The van der Waals surface area contributed by atoms with Gasteiger partial charge in [0.1, 0.15) is 18.0 Å². The lowest BCUT2D eigenvalue weighted by Gasteiger charge is -2.13. The van der Waals surface area contributed by atoms with Crippen LogP contribution in [0.5, 0.6) is 0 Å². The molecule has 2 aliphatic carbocycles. The number of carbonyl (C=O) groups excluding carboxylic acids is 2. The average molecular weight is 304 g/mol. The Morgan fingerprint density at radius 2 is 2.00 bits per heavy atom. The predicted molar refractivity (Wildman–Crippen MR) is 67.4 cm³/mol. The summed E-state index contributed by atoms with van der Waals surface area (Å²) in [4.78, 5) is 27.0. The van der Waals surface area contributed by atoms with Crippen molar-refractivity contribution in [3.8, 4) is 0 Å². The summed E-state index contributed by atoms with van der Waals surface area (Å²) in [5, 5.41) is 0. The van der Waals surface area contributed by atoms with Crippen molar-refractivity contribution in [2.45, 2.75) is 20.0 Å². The fraction of sp³-hybridized carbons (Fsp3) is 0.615. The van der Waals surface area contributed by atoms with Crippen LogP contribution in [0.3, 0.4) is 0 Å². The Kier molecular flexibility index (Phi) is 3.81. The van der Waals surface area contributed by atoms with E-state index in [1.54, 1.807) is 13.8 Å². The van der Waals surface area contributed by atoms with Crippen LogP contribution >= 0.6 is 0 Å². The number of aliphatic imine (C=N–C) groups is 1. The molecule has 116 valence electrons. The zero-order valence-corrected chi connectivity index (χ0v) is 11.5. The van der Waals surface area contributed by atoms with E-state index in [1.165, 1.54) is 0 Å². The second-order valence-corrected chi connectivity index (χ2v) is 5.07. The molecule has 5 nitrogen and oxygen atoms in total. The van der Waals surface area contributed by atoms with Gasteiger partial charge in [0.2, 0.25) is 0 Å². The second-order valence-electron chi connectivity index (χ2n) is 5.07. The number of carbonyl (C=O) groups is 2. The molecular formula is C13H15F3N2O3. The molecule has 8 heteroatoms. The van der Waals surface area contributed by atoms with Crippen molar-refractivity contribution in [2.24, 2.45) is 28.5 Å². The van der Waals surface area contributed by atoms with Crippen LogP contribution in [0.15, 0.2) is 16.3 Å². The standard InChI is InChI=1S/C13H15F3N2O3/c1-3-21-6(19)4-18-10-9(12(17)13(14,15)16)7-5(2)8(7)11(10)20/h5,7-8H,3-4,17H2,1-2H3/t5-,7+,8-/m1/s1. The van der Waals surface area contributed by atoms with E-state index in [4.69, 9.17) is 5.73 Å². The van der Waals surface area contributed by atoms with Crippen LogP contribution in [0.25, 0.3) is 0 Å². The van der Waals surface area contributed by atoms with Gasteiger partial charge in [0.05, 0.1) is 6.61 Å². The van der Waals surface area contributed by atoms with E-state index in [2.05, 4.69) is 9.73 Å². The summed E-state index contributed by atoms with van der Waals surface area (Å²) in [5.41, 5.74) is 3.27. The number of hydrogen-bond acceptors (Lipinski definition) is 5. The van der Waals surface area contributed by atoms with Gasteiger partial charge in [-0.1, -0.05) is 6.92 Å². The maximum absolute atomic E-state index is 12.8. The lowest BCUT2D eigenvalue weighted by molar-refractivity contribution is -0.141. The molecule has 21 heavy (non-hydrogen) atoms. The first-order valence-electron chi connectivity index (χ1n) is 6.51. The fourth-order valence-electron chi connectivity index (χ4n) is 2.73. The zero-order chi connectivity index (χ0) is 15.9. The molecule has 0 spiro atoms. The summed E-state index contributed by atoms with van der Waals surface area (Å²) in [6.07, 6.45) is -4.72. The zero-order valence-electron chi connectivity index (χ0n) is 11.5. The highest BCUT2D eigenvalue weighted by atomic mass is 19.4. The molecule has 0 heterocycles. The summed E-state index contributed by atoms with van der Waals surface area (Å²) in [5.74, 6) is -2.38.